The number of phosphoric acid groups is 1. The van der Waals surface area contributed by atoms with Gasteiger partial charge in [-0.05, 0) is 83.5 Å². The van der Waals surface area contributed by atoms with Gasteiger partial charge in [0.25, 0.3) is 0 Å². The molecule has 0 rings (SSSR count). The van der Waals surface area contributed by atoms with Gasteiger partial charge in [0.05, 0.1) is 13.2 Å². The third-order valence-electron chi connectivity index (χ3n) is 9.67. The Morgan fingerprint density at radius 1 is 0.492 bits per heavy atom. The monoisotopic (exact) mass is 898 g/mol. The predicted octanol–water partition coefficient (Wildman–Crippen LogP) is 14.7. The highest BCUT2D eigenvalue weighted by Crippen LogP contribution is 2.43. The van der Waals surface area contributed by atoms with Gasteiger partial charge in [0, 0.05) is 19.4 Å². The summed E-state index contributed by atoms with van der Waals surface area (Å²) in [6, 6.07) is 0. The van der Waals surface area contributed by atoms with Crippen molar-refractivity contribution in [3.05, 3.63) is 109 Å². The van der Waals surface area contributed by atoms with Gasteiger partial charge in [-0.15, -0.1) is 0 Å². The van der Waals surface area contributed by atoms with Crippen LogP contribution >= 0.6 is 7.82 Å². The van der Waals surface area contributed by atoms with Gasteiger partial charge in [-0.2, -0.15) is 0 Å². The minimum atomic E-state index is -4.37. The van der Waals surface area contributed by atoms with Crippen molar-refractivity contribution in [2.24, 2.45) is 5.73 Å². The average molecular weight is 898 g/mol. The summed E-state index contributed by atoms with van der Waals surface area (Å²) in [5.41, 5.74) is 5.33. The molecule has 0 aromatic rings. The van der Waals surface area contributed by atoms with Crippen LogP contribution in [0, 0.1) is 0 Å². The number of carbonyl (C=O) groups is 2. The molecule has 0 saturated carbocycles. The average Bonchev–Trinajstić information content (AvgIpc) is 3.27. The second-order valence-electron chi connectivity index (χ2n) is 15.6. The van der Waals surface area contributed by atoms with E-state index in [9.17, 15) is 19.0 Å². The summed E-state index contributed by atoms with van der Waals surface area (Å²) in [4.78, 5) is 34.6. The third kappa shape index (κ3) is 48.0. The zero-order valence-electron chi connectivity index (χ0n) is 39.5. The minimum Gasteiger partial charge on any atom is -0.462 e. The Balaban J connectivity index is 3.89. The number of hydrogen-bond acceptors (Lipinski definition) is 8. The highest BCUT2D eigenvalue weighted by Gasteiger charge is 2.26. The molecule has 0 amide bonds. The number of rotatable bonds is 44. The molecule has 0 aliphatic carbocycles. The fourth-order valence-corrected chi connectivity index (χ4v) is 6.86. The van der Waals surface area contributed by atoms with Gasteiger partial charge in [0.2, 0.25) is 0 Å². The Kier molecular flexibility index (Phi) is 45.6. The van der Waals surface area contributed by atoms with E-state index < -0.39 is 32.5 Å². The van der Waals surface area contributed by atoms with Crippen molar-refractivity contribution in [3.63, 3.8) is 0 Å². The molecule has 0 aliphatic rings. The van der Waals surface area contributed by atoms with Gasteiger partial charge in [0.1, 0.15) is 6.61 Å². The van der Waals surface area contributed by atoms with Gasteiger partial charge in [0.15, 0.2) is 6.10 Å². The number of phosphoric ester groups is 1. The van der Waals surface area contributed by atoms with Crippen LogP contribution in [-0.4, -0.2) is 49.3 Å². The van der Waals surface area contributed by atoms with Crippen molar-refractivity contribution in [2.75, 3.05) is 26.4 Å². The summed E-state index contributed by atoms with van der Waals surface area (Å²) < 4.78 is 32.5. The lowest BCUT2D eigenvalue weighted by Gasteiger charge is -2.19. The highest BCUT2D eigenvalue weighted by atomic mass is 31.2. The van der Waals surface area contributed by atoms with E-state index in [1.165, 1.54) is 32.1 Å². The van der Waals surface area contributed by atoms with E-state index in [-0.39, 0.29) is 32.6 Å². The van der Waals surface area contributed by atoms with Gasteiger partial charge in [-0.3, -0.25) is 18.6 Å². The molecule has 2 unspecified atom stereocenters. The normalized spacial score (nSPS) is 14.2. The van der Waals surface area contributed by atoms with Crippen LogP contribution < -0.4 is 5.73 Å². The number of nitrogens with two attached hydrogens (primary N) is 1. The van der Waals surface area contributed by atoms with Gasteiger partial charge >= 0.3 is 19.8 Å². The molecule has 0 radical (unpaired) electrons. The van der Waals surface area contributed by atoms with Crippen LogP contribution in [0.15, 0.2) is 109 Å². The largest absolute Gasteiger partial charge is 0.472 e. The zero-order valence-corrected chi connectivity index (χ0v) is 40.4. The van der Waals surface area contributed by atoms with Crippen molar-refractivity contribution in [1.82, 2.24) is 0 Å². The maximum atomic E-state index is 12.5. The number of ether oxygens (including phenoxy) is 2. The zero-order chi connectivity index (χ0) is 46.0. The Bertz CT molecular complexity index is 1390. The quantitative estimate of drug-likeness (QED) is 0.0265. The second-order valence-corrected chi connectivity index (χ2v) is 17.1. The van der Waals surface area contributed by atoms with Crippen LogP contribution in [0.1, 0.15) is 181 Å². The first-order valence-electron chi connectivity index (χ1n) is 24.4. The number of carbonyl (C=O) groups excluding carboxylic acids is 2. The first-order chi connectivity index (χ1) is 30.8. The topological polar surface area (TPSA) is 134 Å². The van der Waals surface area contributed by atoms with E-state index >= 15 is 0 Å². The smallest absolute Gasteiger partial charge is 0.462 e. The first kappa shape index (κ1) is 59.7. The molecule has 3 N–H and O–H groups in total. The lowest BCUT2D eigenvalue weighted by molar-refractivity contribution is -0.161. The maximum absolute atomic E-state index is 12.5. The van der Waals surface area contributed by atoms with Crippen LogP contribution in [0.5, 0.6) is 0 Å². The molecule has 358 valence electrons. The Hall–Kier alpha value is -3.33. The minimum absolute atomic E-state index is 0.0480. The summed E-state index contributed by atoms with van der Waals surface area (Å²) in [7, 11) is -4.37. The van der Waals surface area contributed by atoms with Crippen molar-refractivity contribution in [3.8, 4) is 0 Å². The third-order valence-corrected chi connectivity index (χ3v) is 10.7. The second kappa shape index (κ2) is 48.1. The van der Waals surface area contributed by atoms with E-state index in [0.29, 0.717) is 6.42 Å². The maximum Gasteiger partial charge on any atom is 0.472 e. The van der Waals surface area contributed by atoms with Crippen molar-refractivity contribution < 1.29 is 37.6 Å². The Labute approximate surface area is 384 Å². The molecule has 0 fully saturated rings. The Morgan fingerprint density at radius 3 is 1.30 bits per heavy atom. The van der Waals surface area contributed by atoms with Crippen LogP contribution in [0.25, 0.3) is 0 Å². The summed E-state index contributed by atoms with van der Waals surface area (Å²) in [6.07, 6.45) is 64.8. The van der Waals surface area contributed by atoms with Gasteiger partial charge < -0.3 is 20.1 Å². The predicted molar refractivity (Wildman–Crippen MR) is 265 cm³/mol. The SMILES string of the molecule is CC/C=C\C/C=C\C/C=C\C/C=C\C/C=C\C/C=C\C/C=C\C/C=C\C/C=C\CCCCCCCCCCCC(=O)OC(COC(=O)CCCCCCC)COP(=O)(O)OCCN. The molecule has 0 heterocycles. The molecular formula is C53H88NO8P. The number of esters is 2. The van der Waals surface area contributed by atoms with E-state index in [1.54, 1.807) is 0 Å². The molecule has 63 heavy (non-hydrogen) atoms. The standard InChI is InChI=1S/C53H88NO8P/c1-3-5-7-9-10-11-12-13-14-15-16-17-18-19-20-21-22-23-24-25-26-27-28-29-30-31-32-33-34-35-36-37-38-39-40-42-44-46-53(56)62-51(50-61-63(57,58)60-48-47-54)49-59-52(55)45-43-41-8-6-4-2/h5,7,10-11,13-14,16-17,19-20,22-23,25-26,28-29,31-32,51H,3-4,6,8-9,12,15,18,21,24,27,30,33-50,54H2,1-2H3,(H,57,58)/b7-5-,11-10-,14-13-,17-16-,20-19-,23-22-,26-25-,29-28-,32-31-. The molecule has 0 saturated heterocycles. The summed E-state index contributed by atoms with van der Waals surface area (Å²) in [5.74, 6) is -0.858. The van der Waals surface area contributed by atoms with Crippen molar-refractivity contribution in [2.45, 2.75) is 187 Å². The fourth-order valence-electron chi connectivity index (χ4n) is 6.10. The summed E-state index contributed by atoms with van der Waals surface area (Å²) >= 11 is 0. The van der Waals surface area contributed by atoms with Gasteiger partial charge in [-0.1, -0.05) is 194 Å². The molecule has 0 spiro atoms. The van der Waals surface area contributed by atoms with E-state index in [1.807, 2.05) is 0 Å². The highest BCUT2D eigenvalue weighted by molar-refractivity contribution is 7.47. The van der Waals surface area contributed by atoms with Crippen LogP contribution in [0.2, 0.25) is 0 Å². The first-order valence-corrected chi connectivity index (χ1v) is 25.9. The fraction of sp³-hybridized carbons (Fsp3) is 0.623. The van der Waals surface area contributed by atoms with Crippen molar-refractivity contribution >= 4 is 19.8 Å². The van der Waals surface area contributed by atoms with Crippen LogP contribution in [-0.2, 0) is 32.7 Å². The molecular weight excluding hydrogens is 810 g/mol. The molecule has 0 bridgehead atoms. The Morgan fingerprint density at radius 2 is 0.873 bits per heavy atom. The lowest BCUT2D eigenvalue weighted by atomic mass is 10.1. The van der Waals surface area contributed by atoms with E-state index in [4.69, 9.17) is 24.3 Å². The molecule has 0 aromatic heterocycles. The molecule has 10 heteroatoms. The van der Waals surface area contributed by atoms with Crippen LogP contribution in [0.3, 0.4) is 0 Å². The number of hydrogen-bond donors (Lipinski definition) is 2. The van der Waals surface area contributed by atoms with E-state index in [0.717, 1.165) is 116 Å². The molecule has 0 aliphatic heterocycles. The summed E-state index contributed by atoms with van der Waals surface area (Å²) in [5, 5.41) is 0. The number of allylic oxidation sites excluding steroid dienone is 18. The number of unbranched alkanes of at least 4 members (excludes halogenated alkanes) is 13. The molecule has 2 atom stereocenters. The lowest BCUT2D eigenvalue weighted by Crippen LogP contribution is -2.29. The molecule has 0 aromatic carbocycles. The molecule has 9 nitrogen and oxygen atoms in total. The van der Waals surface area contributed by atoms with Crippen molar-refractivity contribution in [1.29, 1.82) is 0 Å². The van der Waals surface area contributed by atoms with Crippen LogP contribution in [0.4, 0.5) is 0 Å². The van der Waals surface area contributed by atoms with E-state index in [2.05, 4.69) is 123 Å². The van der Waals surface area contributed by atoms with Gasteiger partial charge in [-0.25, -0.2) is 4.57 Å². The summed E-state index contributed by atoms with van der Waals surface area (Å²) in [6.45, 7) is 3.49.